The van der Waals surface area contributed by atoms with E-state index in [0.29, 0.717) is 0 Å². The van der Waals surface area contributed by atoms with Crippen LogP contribution in [0.5, 0.6) is 0 Å². The summed E-state index contributed by atoms with van der Waals surface area (Å²) >= 11 is 1.69. The number of aryl methyl sites for hydroxylation is 1. The number of hydrogen-bond acceptors (Lipinski definition) is 5. The largest absolute Gasteiger partial charge is 0.399 e. The molecule has 1 N–H and O–H groups in total. The Bertz CT molecular complexity index is 1100. The molecular weight excluding hydrogens is 396 g/mol. The lowest BCUT2D eigenvalue weighted by Crippen LogP contribution is -2.41. The van der Waals surface area contributed by atoms with Gasteiger partial charge in [0.1, 0.15) is 7.11 Å². The molecule has 2 aromatic heterocycles. The fraction of sp³-hybridized carbons (Fsp3) is 0.435. The van der Waals surface area contributed by atoms with Gasteiger partial charge in [-0.1, -0.05) is 25.1 Å². The summed E-state index contributed by atoms with van der Waals surface area (Å²) in [6.45, 7) is 6.69. The zero-order valence-corrected chi connectivity index (χ0v) is 18.8. The summed E-state index contributed by atoms with van der Waals surface area (Å²) in [6.07, 6.45) is 4.47. The fourth-order valence-electron chi connectivity index (χ4n) is 4.18. The number of carbonyl (C=O) groups is 1. The number of amides is 1. The van der Waals surface area contributed by atoms with Crippen LogP contribution in [0.3, 0.4) is 0 Å². The van der Waals surface area contributed by atoms with E-state index in [1.807, 2.05) is 20.8 Å². The number of benzene rings is 1. The summed E-state index contributed by atoms with van der Waals surface area (Å²) < 4.78 is 2.40. The highest BCUT2D eigenvalue weighted by Crippen LogP contribution is 2.33. The monoisotopic (exact) mass is 424 g/mol. The van der Waals surface area contributed by atoms with Crippen molar-refractivity contribution in [2.45, 2.75) is 52.6 Å². The molecule has 7 heteroatoms. The van der Waals surface area contributed by atoms with Crippen LogP contribution in [0.2, 0.25) is 0 Å². The lowest BCUT2D eigenvalue weighted by atomic mass is 9.90. The second kappa shape index (κ2) is 8.60. The lowest BCUT2D eigenvalue weighted by molar-refractivity contribution is -0.124. The summed E-state index contributed by atoms with van der Waals surface area (Å²) in [7, 11) is 1.55. The highest BCUT2D eigenvalue weighted by molar-refractivity contribution is 7.09. The van der Waals surface area contributed by atoms with E-state index < -0.39 is 0 Å². The Hall–Kier alpha value is -2.67. The zero-order valence-electron chi connectivity index (χ0n) is 17.9. The molecule has 3 aromatic rings. The Kier molecular flexibility index (Phi) is 5.90. The maximum Gasteiger partial charge on any atom is 0.222 e. The quantitative estimate of drug-likeness (QED) is 0.479. The summed E-state index contributed by atoms with van der Waals surface area (Å²) in [5.41, 5.74) is 5.98. The molecule has 1 aliphatic carbocycles. The van der Waals surface area contributed by atoms with E-state index >= 15 is 0 Å². The third-order valence-electron chi connectivity index (χ3n) is 5.66. The van der Waals surface area contributed by atoms with Gasteiger partial charge in [-0.15, -0.1) is 11.3 Å². The van der Waals surface area contributed by atoms with Crippen molar-refractivity contribution in [1.29, 1.82) is 0 Å². The van der Waals surface area contributed by atoms with Crippen LogP contribution < -0.4 is 5.32 Å². The zero-order chi connectivity index (χ0) is 21.3. The minimum absolute atomic E-state index is 0.00231. The van der Waals surface area contributed by atoms with Gasteiger partial charge in [-0.05, 0) is 49.4 Å². The molecular formula is C23H28N4O2S. The fourth-order valence-corrected chi connectivity index (χ4v) is 4.78. The number of fused-ring (bicyclic) bond motifs is 3. The number of nitrogens with zero attached hydrogens (tertiary/aromatic N) is 3. The molecule has 1 atom stereocenters. The molecule has 2 heterocycles. The first kappa shape index (κ1) is 20.6. The molecule has 0 unspecified atom stereocenters. The van der Waals surface area contributed by atoms with Crippen molar-refractivity contribution in [1.82, 2.24) is 14.9 Å². The van der Waals surface area contributed by atoms with Crippen LogP contribution in [0.1, 0.15) is 47.8 Å². The molecule has 1 aliphatic rings. The smallest absolute Gasteiger partial charge is 0.222 e. The lowest BCUT2D eigenvalue weighted by Gasteiger charge is -2.25. The third kappa shape index (κ3) is 4.12. The van der Waals surface area contributed by atoms with Crippen LogP contribution >= 0.6 is 11.3 Å². The molecule has 0 aliphatic heterocycles. The number of oxime groups is 1. The van der Waals surface area contributed by atoms with Crippen molar-refractivity contribution in [3.05, 3.63) is 51.1 Å². The second-order valence-corrected chi connectivity index (χ2v) is 9.23. The maximum atomic E-state index is 12.3. The van der Waals surface area contributed by atoms with Crippen molar-refractivity contribution in [2.75, 3.05) is 7.11 Å². The van der Waals surface area contributed by atoms with Gasteiger partial charge in [0.2, 0.25) is 5.91 Å². The van der Waals surface area contributed by atoms with Gasteiger partial charge in [-0.25, -0.2) is 4.98 Å². The van der Waals surface area contributed by atoms with Crippen molar-refractivity contribution in [3.63, 3.8) is 0 Å². The SMILES string of the molecule is CO/N=C/c1ccc2c(c1)c1c(n2Cc2csc(C)n2)CC[C@@H](NC(=O)C(C)C)C1. The maximum absolute atomic E-state index is 12.3. The van der Waals surface area contributed by atoms with Crippen molar-refractivity contribution < 1.29 is 9.63 Å². The van der Waals surface area contributed by atoms with Gasteiger partial charge >= 0.3 is 0 Å². The molecule has 0 saturated heterocycles. The molecule has 0 radical (unpaired) electrons. The van der Waals surface area contributed by atoms with Gasteiger partial charge in [-0.2, -0.15) is 0 Å². The predicted octanol–water partition coefficient (Wildman–Crippen LogP) is 4.06. The first-order valence-electron chi connectivity index (χ1n) is 10.4. The Morgan fingerprint density at radius 1 is 1.47 bits per heavy atom. The molecule has 0 bridgehead atoms. The van der Waals surface area contributed by atoms with Gasteiger partial charge in [0.15, 0.2) is 0 Å². The molecule has 158 valence electrons. The van der Waals surface area contributed by atoms with E-state index in [2.05, 4.69) is 43.6 Å². The van der Waals surface area contributed by atoms with Crippen LogP contribution in [-0.4, -0.2) is 34.8 Å². The van der Waals surface area contributed by atoms with E-state index in [4.69, 9.17) is 4.84 Å². The molecule has 0 spiro atoms. The Morgan fingerprint density at radius 2 is 2.30 bits per heavy atom. The minimum Gasteiger partial charge on any atom is -0.399 e. The van der Waals surface area contributed by atoms with Gasteiger partial charge in [0.25, 0.3) is 0 Å². The van der Waals surface area contributed by atoms with E-state index in [1.165, 1.54) is 22.2 Å². The third-order valence-corrected chi connectivity index (χ3v) is 6.48. The van der Waals surface area contributed by atoms with Crippen molar-refractivity contribution in [3.8, 4) is 0 Å². The first-order chi connectivity index (χ1) is 14.5. The molecule has 30 heavy (non-hydrogen) atoms. The van der Waals surface area contributed by atoms with E-state index in [1.54, 1.807) is 24.7 Å². The number of hydrogen-bond donors (Lipinski definition) is 1. The second-order valence-electron chi connectivity index (χ2n) is 8.17. The van der Waals surface area contributed by atoms with Gasteiger partial charge in [0, 0.05) is 33.9 Å². The van der Waals surface area contributed by atoms with E-state index in [-0.39, 0.29) is 17.9 Å². The molecule has 1 amide bonds. The van der Waals surface area contributed by atoms with Crippen LogP contribution in [0, 0.1) is 12.8 Å². The number of aromatic nitrogens is 2. The molecule has 1 aromatic carbocycles. The van der Waals surface area contributed by atoms with Gasteiger partial charge in [-0.3, -0.25) is 4.79 Å². The normalized spacial score (nSPS) is 16.4. The number of carbonyl (C=O) groups excluding carboxylic acids is 1. The molecule has 4 rings (SSSR count). The van der Waals surface area contributed by atoms with Crippen LogP contribution in [0.4, 0.5) is 0 Å². The van der Waals surface area contributed by atoms with Crippen LogP contribution in [0.15, 0.2) is 28.7 Å². The summed E-state index contributed by atoms with van der Waals surface area (Å²) in [6, 6.07) is 6.57. The van der Waals surface area contributed by atoms with Gasteiger partial charge in [0.05, 0.1) is 23.5 Å². The van der Waals surface area contributed by atoms with E-state index in [0.717, 1.165) is 42.1 Å². The first-order valence-corrected chi connectivity index (χ1v) is 11.3. The summed E-state index contributed by atoms with van der Waals surface area (Å²) in [4.78, 5) is 21.8. The highest BCUT2D eigenvalue weighted by atomic mass is 32.1. The van der Waals surface area contributed by atoms with Crippen LogP contribution in [-0.2, 0) is 29.0 Å². The Labute approximate surface area is 180 Å². The van der Waals surface area contributed by atoms with Gasteiger partial charge < -0.3 is 14.7 Å². The highest BCUT2D eigenvalue weighted by Gasteiger charge is 2.27. The topological polar surface area (TPSA) is 68.5 Å². The van der Waals surface area contributed by atoms with Crippen LogP contribution in [0.25, 0.3) is 10.9 Å². The minimum atomic E-state index is -0.00231. The van der Waals surface area contributed by atoms with Crippen molar-refractivity contribution >= 4 is 34.4 Å². The number of rotatable bonds is 6. The number of thiazole rings is 1. The van der Waals surface area contributed by atoms with Crippen molar-refractivity contribution in [2.24, 2.45) is 11.1 Å². The molecule has 0 fully saturated rings. The summed E-state index contributed by atoms with van der Waals surface area (Å²) in [5.74, 6) is 0.121. The predicted molar refractivity (Wildman–Crippen MR) is 121 cm³/mol. The number of nitrogens with one attached hydrogen (secondary N) is 1. The average Bonchev–Trinajstić information content (AvgIpc) is 3.27. The molecule has 6 nitrogen and oxygen atoms in total. The molecule has 0 saturated carbocycles. The van der Waals surface area contributed by atoms with E-state index in [9.17, 15) is 4.79 Å². The summed E-state index contributed by atoms with van der Waals surface area (Å²) in [5, 5.41) is 11.6. The standard InChI is InChI=1S/C23H28N4O2S/c1-14(2)23(28)26-17-6-8-22-20(10-17)19-9-16(11-24-29-4)5-7-21(19)27(22)12-18-13-30-15(3)25-18/h5,7,9,11,13-14,17H,6,8,10,12H2,1-4H3,(H,26,28)/b24-11+/t17-/m1/s1. The average molecular weight is 425 g/mol. The Balaban J connectivity index is 1.75. The Morgan fingerprint density at radius 3 is 3.00 bits per heavy atom.